The predicted molar refractivity (Wildman–Crippen MR) is 80.6 cm³/mol. The fraction of sp³-hybridized carbons (Fsp3) is 0.400. The highest BCUT2D eigenvalue weighted by molar-refractivity contribution is 5.96. The van der Waals surface area contributed by atoms with Gasteiger partial charge in [-0.3, -0.25) is 14.5 Å². The van der Waals surface area contributed by atoms with E-state index in [1.165, 1.54) is 4.90 Å². The lowest BCUT2D eigenvalue weighted by atomic mass is 10.2. The van der Waals surface area contributed by atoms with E-state index in [4.69, 9.17) is 5.26 Å². The van der Waals surface area contributed by atoms with Crippen molar-refractivity contribution in [1.82, 2.24) is 9.80 Å². The van der Waals surface area contributed by atoms with Gasteiger partial charge in [-0.05, 0) is 26.1 Å². The third-order valence-electron chi connectivity index (χ3n) is 3.23. The van der Waals surface area contributed by atoms with Crippen molar-refractivity contribution in [2.24, 2.45) is 0 Å². The van der Waals surface area contributed by atoms with Crippen molar-refractivity contribution in [2.75, 3.05) is 33.0 Å². The number of carbonyl (C=O) groups is 2. The molecule has 0 radical (unpaired) electrons. The minimum atomic E-state index is -0.486. The van der Waals surface area contributed by atoms with E-state index in [-0.39, 0.29) is 18.4 Å². The Labute approximate surface area is 125 Å². The number of anilines is 1. The van der Waals surface area contributed by atoms with Crippen LogP contribution in [0, 0.1) is 11.3 Å². The van der Waals surface area contributed by atoms with Crippen LogP contribution in [0.15, 0.2) is 24.3 Å². The first-order valence-corrected chi connectivity index (χ1v) is 6.57. The first-order chi connectivity index (χ1) is 9.86. The van der Waals surface area contributed by atoms with Gasteiger partial charge in [0, 0.05) is 14.1 Å². The zero-order valence-corrected chi connectivity index (χ0v) is 12.8. The number of nitrogens with one attached hydrogen (secondary N) is 1. The molecule has 0 aromatic heterocycles. The predicted octanol–water partition coefficient (Wildman–Crippen LogP) is 0.905. The molecule has 0 aliphatic rings. The lowest BCUT2D eigenvalue weighted by Gasteiger charge is -2.24. The molecular formula is C15H20N4O2. The molecule has 2 amide bonds. The Bertz CT molecular complexity index is 563. The molecule has 0 saturated carbocycles. The molecule has 6 nitrogen and oxygen atoms in total. The number of benzene rings is 1. The second-order valence-electron chi connectivity index (χ2n) is 5.03. The van der Waals surface area contributed by atoms with Gasteiger partial charge in [0.05, 0.1) is 23.8 Å². The zero-order chi connectivity index (χ0) is 16.0. The van der Waals surface area contributed by atoms with Crippen LogP contribution in [0.25, 0.3) is 0 Å². The zero-order valence-electron chi connectivity index (χ0n) is 12.8. The van der Waals surface area contributed by atoms with Crippen molar-refractivity contribution in [2.45, 2.75) is 13.0 Å². The van der Waals surface area contributed by atoms with Gasteiger partial charge in [0.25, 0.3) is 0 Å². The van der Waals surface area contributed by atoms with E-state index in [2.05, 4.69) is 5.32 Å². The molecule has 0 aliphatic heterocycles. The fourth-order valence-electron chi connectivity index (χ4n) is 1.62. The number of nitriles is 1. The number of para-hydroxylation sites is 1. The van der Waals surface area contributed by atoms with Crippen LogP contribution in [0.3, 0.4) is 0 Å². The normalized spacial score (nSPS) is 11.6. The summed E-state index contributed by atoms with van der Waals surface area (Å²) in [5.41, 5.74) is 0.884. The Morgan fingerprint density at radius 2 is 1.90 bits per heavy atom. The first kappa shape index (κ1) is 16.7. The average molecular weight is 288 g/mol. The summed E-state index contributed by atoms with van der Waals surface area (Å²) in [4.78, 5) is 27.0. The van der Waals surface area contributed by atoms with Gasteiger partial charge in [-0.25, -0.2) is 0 Å². The molecule has 0 saturated heterocycles. The molecule has 1 atom stereocenters. The Hall–Kier alpha value is -2.39. The maximum atomic E-state index is 12.2. The van der Waals surface area contributed by atoms with E-state index in [1.54, 1.807) is 57.2 Å². The van der Waals surface area contributed by atoms with E-state index in [0.717, 1.165) is 0 Å². The van der Waals surface area contributed by atoms with Crippen LogP contribution in [0.1, 0.15) is 12.5 Å². The summed E-state index contributed by atoms with van der Waals surface area (Å²) in [6, 6.07) is 8.34. The van der Waals surface area contributed by atoms with E-state index < -0.39 is 6.04 Å². The summed E-state index contributed by atoms with van der Waals surface area (Å²) in [6.07, 6.45) is 0. The summed E-state index contributed by atoms with van der Waals surface area (Å²) >= 11 is 0. The topological polar surface area (TPSA) is 76.4 Å². The summed E-state index contributed by atoms with van der Waals surface area (Å²) in [5.74, 6) is -0.332. The number of carbonyl (C=O) groups excluding carboxylic acids is 2. The molecule has 0 fully saturated rings. The van der Waals surface area contributed by atoms with Crippen LogP contribution in [0.4, 0.5) is 5.69 Å². The van der Waals surface area contributed by atoms with E-state index in [9.17, 15) is 9.59 Å². The average Bonchev–Trinajstić information content (AvgIpc) is 2.46. The van der Waals surface area contributed by atoms with Gasteiger partial charge in [0.1, 0.15) is 6.07 Å². The van der Waals surface area contributed by atoms with E-state index in [1.807, 2.05) is 6.07 Å². The van der Waals surface area contributed by atoms with Gasteiger partial charge >= 0.3 is 0 Å². The molecule has 21 heavy (non-hydrogen) atoms. The van der Waals surface area contributed by atoms with Gasteiger partial charge in [0.2, 0.25) is 11.8 Å². The minimum Gasteiger partial charge on any atom is -0.348 e. The van der Waals surface area contributed by atoms with Crippen LogP contribution in [-0.4, -0.2) is 55.3 Å². The van der Waals surface area contributed by atoms with Crippen molar-refractivity contribution < 1.29 is 9.59 Å². The smallest absolute Gasteiger partial charge is 0.241 e. The van der Waals surface area contributed by atoms with Gasteiger partial charge in [-0.2, -0.15) is 5.26 Å². The van der Waals surface area contributed by atoms with E-state index >= 15 is 0 Å². The molecular weight excluding hydrogens is 268 g/mol. The summed E-state index contributed by atoms with van der Waals surface area (Å²) in [5, 5.41) is 11.7. The van der Waals surface area contributed by atoms with Crippen molar-refractivity contribution in [3.8, 4) is 6.07 Å². The lowest BCUT2D eigenvalue weighted by Crippen LogP contribution is -2.44. The van der Waals surface area contributed by atoms with Crippen LogP contribution >= 0.6 is 0 Å². The summed E-state index contributed by atoms with van der Waals surface area (Å²) in [7, 11) is 5.05. The van der Waals surface area contributed by atoms with Crippen molar-refractivity contribution in [1.29, 1.82) is 5.26 Å². The molecule has 0 aliphatic carbocycles. The second-order valence-corrected chi connectivity index (χ2v) is 5.03. The number of amides is 2. The highest BCUT2D eigenvalue weighted by Crippen LogP contribution is 2.14. The van der Waals surface area contributed by atoms with Gasteiger partial charge < -0.3 is 10.2 Å². The monoisotopic (exact) mass is 288 g/mol. The quantitative estimate of drug-likeness (QED) is 0.873. The van der Waals surface area contributed by atoms with Gasteiger partial charge in [-0.15, -0.1) is 0 Å². The Morgan fingerprint density at radius 3 is 2.48 bits per heavy atom. The van der Waals surface area contributed by atoms with Gasteiger partial charge in [0.15, 0.2) is 0 Å². The van der Waals surface area contributed by atoms with Crippen LogP contribution in [0.5, 0.6) is 0 Å². The first-order valence-electron chi connectivity index (χ1n) is 6.57. The summed E-state index contributed by atoms with van der Waals surface area (Å²) < 4.78 is 0. The SMILES string of the molecule is C[C@@H](C(=O)Nc1ccccc1C#N)N(C)CC(=O)N(C)C. The van der Waals surface area contributed by atoms with E-state index in [0.29, 0.717) is 11.3 Å². The Kier molecular flexibility index (Phi) is 5.88. The van der Waals surface area contributed by atoms with Crippen LogP contribution in [-0.2, 0) is 9.59 Å². The molecule has 1 aromatic rings. The third kappa shape index (κ3) is 4.58. The molecule has 0 spiro atoms. The minimum absolute atomic E-state index is 0.0745. The fourth-order valence-corrected chi connectivity index (χ4v) is 1.62. The number of nitrogens with zero attached hydrogens (tertiary/aromatic N) is 3. The molecule has 112 valence electrons. The number of likely N-dealkylation sites (N-methyl/N-ethyl adjacent to an activating group) is 2. The standard InChI is InChI=1S/C15H20N4O2/c1-11(19(4)10-14(20)18(2)3)15(21)17-13-8-6-5-7-12(13)9-16/h5-8,11H,10H2,1-4H3,(H,17,21)/t11-/m0/s1. The molecule has 0 heterocycles. The van der Waals surface area contributed by atoms with Crippen molar-refractivity contribution in [3.05, 3.63) is 29.8 Å². The lowest BCUT2D eigenvalue weighted by molar-refractivity contribution is -0.131. The maximum absolute atomic E-state index is 12.2. The number of rotatable bonds is 5. The second kappa shape index (κ2) is 7.41. The van der Waals surface area contributed by atoms with Crippen LogP contribution in [0.2, 0.25) is 0 Å². The molecule has 0 bridgehead atoms. The molecule has 1 aromatic carbocycles. The Balaban J connectivity index is 2.71. The summed E-state index contributed by atoms with van der Waals surface area (Å²) in [6.45, 7) is 1.87. The molecule has 1 N–H and O–H groups in total. The Morgan fingerprint density at radius 1 is 1.29 bits per heavy atom. The molecule has 0 unspecified atom stereocenters. The number of hydrogen-bond acceptors (Lipinski definition) is 4. The van der Waals surface area contributed by atoms with Gasteiger partial charge in [-0.1, -0.05) is 12.1 Å². The number of hydrogen-bond donors (Lipinski definition) is 1. The highest BCUT2D eigenvalue weighted by Gasteiger charge is 2.21. The van der Waals surface area contributed by atoms with Crippen molar-refractivity contribution in [3.63, 3.8) is 0 Å². The maximum Gasteiger partial charge on any atom is 0.241 e. The third-order valence-corrected chi connectivity index (χ3v) is 3.23. The largest absolute Gasteiger partial charge is 0.348 e. The molecule has 6 heteroatoms. The highest BCUT2D eigenvalue weighted by atomic mass is 16.2. The van der Waals surface area contributed by atoms with Crippen LogP contribution < -0.4 is 5.32 Å². The molecule has 1 rings (SSSR count). The van der Waals surface area contributed by atoms with Crippen molar-refractivity contribution >= 4 is 17.5 Å².